The third kappa shape index (κ3) is 6.61. The third-order valence-corrected chi connectivity index (χ3v) is 6.66. The van der Waals surface area contributed by atoms with Gasteiger partial charge in [0.15, 0.2) is 5.11 Å². The van der Waals surface area contributed by atoms with Gasteiger partial charge in [0.1, 0.15) is 0 Å². The zero-order valence-corrected chi connectivity index (χ0v) is 21.2. The largest absolute Gasteiger partial charge is 0.416 e. The number of hydrogen-bond donors (Lipinski definition) is 2. The fraction of sp³-hybridized carbons (Fsp3) is 0.480. The summed E-state index contributed by atoms with van der Waals surface area (Å²) in [7, 11) is 0. The van der Waals surface area contributed by atoms with E-state index >= 15 is 0 Å². The molecule has 1 aliphatic heterocycles. The highest BCUT2D eigenvalue weighted by molar-refractivity contribution is 7.80. The summed E-state index contributed by atoms with van der Waals surface area (Å²) in [6, 6.07) is 11.5. The van der Waals surface area contributed by atoms with Gasteiger partial charge in [-0.25, -0.2) is 0 Å². The van der Waals surface area contributed by atoms with Crippen molar-refractivity contribution in [3.8, 4) is 0 Å². The van der Waals surface area contributed by atoms with E-state index in [1.165, 1.54) is 6.07 Å². The van der Waals surface area contributed by atoms with Crippen LogP contribution in [0, 0.1) is 6.92 Å². The zero-order chi connectivity index (χ0) is 24.6. The Balaban J connectivity index is 1.92. The van der Waals surface area contributed by atoms with Crippen molar-refractivity contribution in [2.75, 3.05) is 5.32 Å². The van der Waals surface area contributed by atoms with Crippen molar-refractivity contribution in [3.05, 3.63) is 64.2 Å². The lowest BCUT2D eigenvalue weighted by Crippen LogP contribution is -2.63. The molecule has 0 spiro atoms. The molecule has 0 radical (unpaired) electrons. The standard InChI is InChI=1S/C25H31ClF3N3S/c1-16-8-6-7-9-17(16)15-32(19-13-23(2,3)31-24(4,5)14-19)22(33)30-21-11-10-18(12-20(21)26)25(27,28)29/h6-12,19,31H,13-15H2,1-5H3,(H,30,33). The van der Waals surface area contributed by atoms with Gasteiger partial charge in [-0.15, -0.1) is 0 Å². The molecule has 0 bridgehead atoms. The van der Waals surface area contributed by atoms with Crippen LogP contribution in [0.5, 0.6) is 0 Å². The first-order chi connectivity index (χ1) is 15.2. The minimum absolute atomic E-state index is 0.0195. The molecule has 33 heavy (non-hydrogen) atoms. The molecule has 0 atom stereocenters. The number of nitrogens with one attached hydrogen (secondary N) is 2. The van der Waals surface area contributed by atoms with Crippen LogP contribution in [0.4, 0.5) is 18.9 Å². The predicted molar refractivity (Wildman–Crippen MR) is 134 cm³/mol. The lowest BCUT2D eigenvalue weighted by atomic mass is 9.79. The van der Waals surface area contributed by atoms with Crippen molar-refractivity contribution in [2.45, 2.75) is 77.3 Å². The van der Waals surface area contributed by atoms with Crippen LogP contribution in [0.3, 0.4) is 0 Å². The summed E-state index contributed by atoms with van der Waals surface area (Å²) in [5, 5.41) is 7.23. The number of hydrogen-bond acceptors (Lipinski definition) is 2. The van der Waals surface area contributed by atoms with Crippen molar-refractivity contribution in [3.63, 3.8) is 0 Å². The monoisotopic (exact) mass is 497 g/mol. The molecule has 0 aliphatic carbocycles. The van der Waals surface area contributed by atoms with Crippen LogP contribution in [-0.4, -0.2) is 27.1 Å². The van der Waals surface area contributed by atoms with Gasteiger partial charge in [0, 0.05) is 23.7 Å². The number of benzene rings is 2. The quantitative estimate of drug-likeness (QED) is 0.438. The maximum absolute atomic E-state index is 13.0. The van der Waals surface area contributed by atoms with Gasteiger partial charge in [-0.05, 0) is 89.0 Å². The van der Waals surface area contributed by atoms with Crippen LogP contribution < -0.4 is 10.6 Å². The SMILES string of the molecule is Cc1ccccc1CN(C(=S)Nc1ccc(C(F)(F)F)cc1Cl)C1CC(C)(C)NC(C)(C)C1. The highest BCUT2D eigenvalue weighted by Crippen LogP contribution is 2.35. The molecule has 0 unspecified atom stereocenters. The fourth-order valence-electron chi connectivity index (χ4n) is 4.81. The second kappa shape index (κ2) is 9.43. The van der Waals surface area contributed by atoms with Crippen LogP contribution in [0.1, 0.15) is 57.2 Å². The Kier molecular flexibility index (Phi) is 7.37. The summed E-state index contributed by atoms with van der Waals surface area (Å²) in [5.41, 5.74) is 1.68. The molecule has 1 fully saturated rings. The Bertz CT molecular complexity index is 1000. The Morgan fingerprint density at radius 2 is 1.73 bits per heavy atom. The van der Waals surface area contributed by atoms with E-state index in [2.05, 4.69) is 62.3 Å². The molecule has 1 saturated heterocycles. The van der Waals surface area contributed by atoms with E-state index in [-0.39, 0.29) is 22.1 Å². The summed E-state index contributed by atoms with van der Waals surface area (Å²) in [6.45, 7) is 11.4. The maximum atomic E-state index is 13.0. The van der Waals surface area contributed by atoms with Gasteiger partial charge in [-0.3, -0.25) is 0 Å². The topological polar surface area (TPSA) is 27.3 Å². The third-order valence-electron chi connectivity index (χ3n) is 6.01. The van der Waals surface area contributed by atoms with Crippen LogP contribution in [-0.2, 0) is 12.7 Å². The van der Waals surface area contributed by atoms with Crippen molar-refractivity contribution >= 4 is 34.6 Å². The Morgan fingerprint density at radius 1 is 1.12 bits per heavy atom. The van der Waals surface area contributed by atoms with Gasteiger partial charge in [0.25, 0.3) is 0 Å². The van der Waals surface area contributed by atoms with E-state index in [1.807, 2.05) is 12.1 Å². The van der Waals surface area contributed by atoms with E-state index in [9.17, 15) is 13.2 Å². The Morgan fingerprint density at radius 3 is 2.27 bits per heavy atom. The van der Waals surface area contributed by atoms with Gasteiger partial charge < -0.3 is 15.5 Å². The second-order valence-corrected chi connectivity index (χ2v) is 10.9. The number of anilines is 1. The smallest absolute Gasteiger partial charge is 0.342 e. The number of halogens is 4. The summed E-state index contributed by atoms with van der Waals surface area (Å²) in [6.07, 6.45) is -2.72. The zero-order valence-electron chi connectivity index (χ0n) is 19.6. The highest BCUT2D eigenvalue weighted by Gasteiger charge is 2.41. The Labute approximate surface area is 204 Å². The van der Waals surface area contributed by atoms with Crippen molar-refractivity contribution in [1.82, 2.24) is 10.2 Å². The minimum Gasteiger partial charge on any atom is -0.342 e. The van der Waals surface area contributed by atoms with Gasteiger partial charge in [-0.2, -0.15) is 13.2 Å². The summed E-state index contributed by atoms with van der Waals surface area (Å²) in [4.78, 5) is 2.15. The maximum Gasteiger partial charge on any atom is 0.416 e. The number of rotatable bonds is 4. The van der Waals surface area contributed by atoms with E-state index < -0.39 is 11.7 Å². The molecule has 0 amide bonds. The van der Waals surface area contributed by atoms with Gasteiger partial charge >= 0.3 is 6.18 Å². The number of piperidine rings is 1. The van der Waals surface area contributed by atoms with Crippen molar-refractivity contribution in [2.24, 2.45) is 0 Å². The number of aryl methyl sites for hydroxylation is 1. The normalized spacial score (nSPS) is 18.1. The average Bonchev–Trinajstić information content (AvgIpc) is 2.65. The first-order valence-electron chi connectivity index (χ1n) is 11.0. The van der Waals surface area contributed by atoms with E-state index in [0.717, 1.165) is 36.1 Å². The predicted octanol–water partition coefficient (Wildman–Crippen LogP) is 7.18. The Hall–Kier alpha value is -1.83. The van der Waals surface area contributed by atoms with Crippen LogP contribution in [0.25, 0.3) is 0 Å². The van der Waals surface area contributed by atoms with E-state index in [0.29, 0.717) is 17.3 Å². The van der Waals surface area contributed by atoms with Crippen LogP contribution in [0.15, 0.2) is 42.5 Å². The molecule has 3 rings (SSSR count). The average molecular weight is 498 g/mol. The molecule has 8 heteroatoms. The second-order valence-electron chi connectivity index (χ2n) is 10.1. The molecule has 0 aromatic heterocycles. The van der Waals surface area contributed by atoms with Crippen LogP contribution in [0.2, 0.25) is 5.02 Å². The molecule has 2 aromatic carbocycles. The van der Waals surface area contributed by atoms with E-state index in [1.54, 1.807) is 0 Å². The first-order valence-corrected chi connectivity index (χ1v) is 11.7. The molecule has 3 nitrogen and oxygen atoms in total. The molecule has 0 saturated carbocycles. The number of nitrogens with zero attached hydrogens (tertiary/aromatic N) is 1. The summed E-state index contributed by atoms with van der Waals surface area (Å²) in [5.74, 6) is 0. The molecule has 1 aliphatic rings. The minimum atomic E-state index is -4.45. The van der Waals surface area contributed by atoms with Crippen molar-refractivity contribution in [1.29, 1.82) is 0 Å². The molecular weight excluding hydrogens is 467 g/mol. The van der Waals surface area contributed by atoms with Gasteiger partial charge in [0.2, 0.25) is 0 Å². The summed E-state index contributed by atoms with van der Waals surface area (Å²) < 4.78 is 39.1. The van der Waals surface area contributed by atoms with Crippen LogP contribution >= 0.6 is 23.8 Å². The molecular formula is C25H31ClF3N3S. The van der Waals surface area contributed by atoms with Gasteiger partial charge in [0.05, 0.1) is 16.3 Å². The van der Waals surface area contributed by atoms with Crippen molar-refractivity contribution < 1.29 is 13.2 Å². The molecule has 1 heterocycles. The summed E-state index contributed by atoms with van der Waals surface area (Å²) >= 11 is 12.0. The number of alkyl halides is 3. The van der Waals surface area contributed by atoms with E-state index in [4.69, 9.17) is 23.8 Å². The molecule has 180 valence electrons. The highest BCUT2D eigenvalue weighted by atomic mass is 35.5. The lowest BCUT2D eigenvalue weighted by molar-refractivity contribution is -0.137. The first kappa shape index (κ1) is 25.8. The fourth-order valence-corrected chi connectivity index (χ4v) is 5.36. The van der Waals surface area contributed by atoms with Gasteiger partial charge in [-0.1, -0.05) is 35.9 Å². The number of thiocarbonyl (C=S) groups is 1. The molecule has 2 aromatic rings. The lowest BCUT2D eigenvalue weighted by Gasteiger charge is -2.50. The molecule has 2 N–H and O–H groups in total.